The van der Waals surface area contributed by atoms with E-state index in [4.69, 9.17) is 4.74 Å². The van der Waals surface area contributed by atoms with Crippen molar-refractivity contribution in [1.29, 1.82) is 0 Å². The van der Waals surface area contributed by atoms with Crippen molar-refractivity contribution in [3.8, 4) is 0 Å². The summed E-state index contributed by atoms with van der Waals surface area (Å²) in [6, 6.07) is 1.70. The molecule has 0 N–H and O–H groups in total. The predicted octanol–water partition coefficient (Wildman–Crippen LogP) is 0.951. The first kappa shape index (κ1) is 17.7. The van der Waals surface area contributed by atoms with Crippen LogP contribution >= 0.6 is 0 Å². The number of hydrogen-bond donors (Lipinski definition) is 0. The molecule has 3 heterocycles. The summed E-state index contributed by atoms with van der Waals surface area (Å²) in [6.45, 7) is 3.66. The fourth-order valence-electron chi connectivity index (χ4n) is 4.00. The highest BCUT2D eigenvalue weighted by Crippen LogP contribution is 2.44. The van der Waals surface area contributed by atoms with Gasteiger partial charge in [-0.05, 0) is 24.9 Å². The van der Waals surface area contributed by atoms with Crippen molar-refractivity contribution in [3.63, 3.8) is 0 Å². The van der Waals surface area contributed by atoms with Gasteiger partial charge in [0, 0.05) is 50.5 Å². The van der Waals surface area contributed by atoms with Gasteiger partial charge in [-0.15, -0.1) is 0 Å². The number of methoxy groups -OCH3 is 1. The van der Waals surface area contributed by atoms with Crippen LogP contribution in [0.25, 0.3) is 0 Å². The molecule has 24 heavy (non-hydrogen) atoms. The summed E-state index contributed by atoms with van der Waals surface area (Å²) in [4.78, 5) is 5.98. The lowest BCUT2D eigenvalue weighted by Gasteiger charge is -2.43. The number of piperidine rings is 1. The highest BCUT2D eigenvalue weighted by molar-refractivity contribution is 7.88. The van der Waals surface area contributed by atoms with Gasteiger partial charge in [0.05, 0.1) is 19.1 Å². The average Bonchev–Trinajstić information content (AvgIpc) is 2.89. The second-order valence-electron chi connectivity index (χ2n) is 7.00. The molecule has 0 bridgehead atoms. The van der Waals surface area contributed by atoms with Gasteiger partial charge < -0.3 is 4.74 Å². The van der Waals surface area contributed by atoms with Crippen LogP contribution in [0.5, 0.6) is 0 Å². The van der Waals surface area contributed by atoms with E-state index in [0.29, 0.717) is 31.8 Å². The summed E-state index contributed by atoms with van der Waals surface area (Å²) < 4.78 is 44.7. The Labute approximate surface area is 142 Å². The third kappa shape index (κ3) is 3.46. The number of nitrogens with zero attached hydrogens (tertiary/aromatic N) is 3. The molecule has 2 saturated heterocycles. The molecule has 2 aliphatic rings. The summed E-state index contributed by atoms with van der Waals surface area (Å²) in [6.07, 6.45) is 4.94. The van der Waals surface area contributed by atoms with Gasteiger partial charge in [0.1, 0.15) is 5.82 Å². The van der Waals surface area contributed by atoms with Crippen LogP contribution < -0.4 is 0 Å². The highest BCUT2D eigenvalue weighted by atomic mass is 32.2. The van der Waals surface area contributed by atoms with Crippen molar-refractivity contribution in [2.45, 2.75) is 13.0 Å². The minimum Gasteiger partial charge on any atom is -0.384 e. The number of hydrogen-bond acceptors (Lipinski definition) is 5. The molecule has 0 radical (unpaired) electrons. The SMILES string of the molecule is COCC12CCN(Cc3ccncc3F)CC1CN(S(C)(=O)=O)C2. The standard InChI is InChI=1S/C16H24FN3O3S/c1-23-12-16-4-6-19(8-13-3-5-18-7-15(13)17)9-14(16)10-20(11-16)24(2,21)22/h3,5,7,14H,4,6,8-12H2,1-2H3. The van der Waals surface area contributed by atoms with Crippen molar-refractivity contribution in [2.24, 2.45) is 11.3 Å². The summed E-state index contributed by atoms with van der Waals surface area (Å²) in [5, 5.41) is 0. The van der Waals surface area contributed by atoms with E-state index in [2.05, 4.69) is 9.88 Å². The minimum atomic E-state index is -3.21. The lowest BCUT2D eigenvalue weighted by atomic mass is 9.73. The maximum atomic E-state index is 13.8. The highest BCUT2D eigenvalue weighted by Gasteiger charge is 2.51. The van der Waals surface area contributed by atoms with Gasteiger partial charge in [-0.2, -0.15) is 0 Å². The minimum absolute atomic E-state index is 0.134. The van der Waals surface area contributed by atoms with Crippen LogP contribution in [0.3, 0.4) is 0 Å². The fourth-order valence-corrected chi connectivity index (χ4v) is 4.94. The smallest absolute Gasteiger partial charge is 0.211 e. The van der Waals surface area contributed by atoms with Crippen molar-refractivity contribution < 1.29 is 17.5 Å². The Balaban J connectivity index is 1.75. The van der Waals surface area contributed by atoms with E-state index < -0.39 is 10.0 Å². The van der Waals surface area contributed by atoms with E-state index in [-0.39, 0.29) is 17.2 Å². The quantitative estimate of drug-likeness (QED) is 0.785. The zero-order chi connectivity index (χ0) is 17.4. The van der Waals surface area contributed by atoms with Crippen LogP contribution in [-0.4, -0.2) is 68.8 Å². The Bertz CT molecular complexity index is 700. The number of likely N-dealkylation sites (tertiary alicyclic amines) is 1. The van der Waals surface area contributed by atoms with Crippen LogP contribution in [0.1, 0.15) is 12.0 Å². The molecule has 0 aromatic carbocycles. The summed E-state index contributed by atoms with van der Waals surface area (Å²) in [7, 11) is -1.55. The molecule has 0 amide bonds. The fraction of sp³-hybridized carbons (Fsp3) is 0.688. The monoisotopic (exact) mass is 357 g/mol. The van der Waals surface area contributed by atoms with Crippen LogP contribution in [0.2, 0.25) is 0 Å². The first-order chi connectivity index (χ1) is 11.3. The van der Waals surface area contributed by atoms with Crippen LogP contribution in [0, 0.1) is 17.2 Å². The number of aromatic nitrogens is 1. The molecular formula is C16H24FN3O3S. The summed E-state index contributed by atoms with van der Waals surface area (Å²) in [5.41, 5.74) is 0.493. The second kappa shape index (κ2) is 6.67. The van der Waals surface area contributed by atoms with Crippen molar-refractivity contribution in [1.82, 2.24) is 14.2 Å². The average molecular weight is 357 g/mol. The Hall–Kier alpha value is -1.09. The number of halogens is 1. The molecule has 3 rings (SSSR count). The van der Waals surface area contributed by atoms with E-state index in [1.54, 1.807) is 23.7 Å². The second-order valence-corrected chi connectivity index (χ2v) is 8.98. The maximum absolute atomic E-state index is 13.8. The van der Waals surface area contributed by atoms with Gasteiger partial charge in [-0.1, -0.05) is 0 Å². The van der Waals surface area contributed by atoms with Gasteiger partial charge in [0.2, 0.25) is 10.0 Å². The first-order valence-corrected chi connectivity index (χ1v) is 9.94. The Morgan fingerprint density at radius 1 is 1.46 bits per heavy atom. The lowest BCUT2D eigenvalue weighted by Crippen LogP contribution is -2.48. The van der Waals surface area contributed by atoms with Gasteiger partial charge in [-0.25, -0.2) is 17.1 Å². The van der Waals surface area contributed by atoms with E-state index in [0.717, 1.165) is 19.5 Å². The third-order valence-electron chi connectivity index (χ3n) is 5.34. The Morgan fingerprint density at radius 2 is 2.25 bits per heavy atom. The summed E-state index contributed by atoms with van der Waals surface area (Å²) >= 11 is 0. The molecule has 2 unspecified atom stereocenters. The number of rotatable bonds is 5. The molecule has 0 spiro atoms. The first-order valence-electron chi connectivity index (χ1n) is 8.09. The number of sulfonamides is 1. The van der Waals surface area contributed by atoms with Gasteiger partial charge in [-0.3, -0.25) is 9.88 Å². The van der Waals surface area contributed by atoms with E-state index in [1.807, 2.05) is 0 Å². The van der Waals surface area contributed by atoms with Gasteiger partial charge in [0.25, 0.3) is 0 Å². The largest absolute Gasteiger partial charge is 0.384 e. The van der Waals surface area contributed by atoms with Crippen LogP contribution in [-0.2, 0) is 21.3 Å². The predicted molar refractivity (Wildman–Crippen MR) is 88.3 cm³/mol. The molecule has 2 fully saturated rings. The third-order valence-corrected chi connectivity index (χ3v) is 6.55. The van der Waals surface area contributed by atoms with Crippen molar-refractivity contribution in [2.75, 3.05) is 46.2 Å². The molecule has 1 aromatic rings. The maximum Gasteiger partial charge on any atom is 0.211 e. The summed E-state index contributed by atoms with van der Waals surface area (Å²) in [5.74, 6) is -0.0961. The number of ether oxygens (including phenoxy) is 1. The molecule has 8 heteroatoms. The molecular weight excluding hydrogens is 333 g/mol. The Kier molecular flexibility index (Phi) is 4.92. The van der Waals surface area contributed by atoms with E-state index in [1.165, 1.54) is 12.5 Å². The van der Waals surface area contributed by atoms with Gasteiger partial charge in [0.15, 0.2) is 0 Å². The van der Waals surface area contributed by atoms with Crippen molar-refractivity contribution >= 4 is 10.0 Å². The molecule has 2 atom stereocenters. The zero-order valence-corrected chi connectivity index (χ0v) is 14.9. The molecule has 0 saturated carbocycles. The zero-order valence-electron chi connectivity index (χ0n) is 14.1. The molecule has 2 aliphatic heterocycles. The molecule has 134 valence electrons. The number of fused-ring (bicyclic) bond motifs is 1. The normalized spacial score (nSPS) is 28.9. The topological polar surface area (TPSA) is 62.7 Å². The molecule has 1 aromatic heterocycles. The van der Waals surface area contributed by atoms with E-state index >= 15 is 0 Å². The molecule has 6 nitrogen and oxygen atoms in total. The van der Waals surface area contributed by atoms with Crippen LogP contribution in [0.4, 0.5) is 4.39 Å². The number of pyridine rings is 1. The van der Waals surface area contributed by atoms with Gasteiger partial charge >= 0.3 is 0 Å². The molecule has 0 aliphatic carbocycles. The lowest BCUT2D eigenvalue weighted by molar-refractivity contribution is -0.00134. The van der Waals surface area contributed by atoms with Crippen LogP contribution in [0.15, 0.2) is 18.5 Å². The van der Waals surface area contributed by atoms with Crippen molar-refractivity contribution in [3.05, 3.63) is 29.8 Å². The Morgan fingerprint density at radius 3 is 2.92 bits per heavy atom. The van der Waals surface area contributed by atoms with E-state index in [9.17, 15) is 12.8 Å².